The maximum absolute atomic E-state index is 11.5. The zero-order valence-corrected chi connectivity index (χ0v) is 12.5. The Morgan fingerprint density at radius 2 is 2.10 bits per heavy atom. The summed E-state index contributed by atoms with van der Waals surface area (Å²) in [6.45, 7) is 5.44. The van der Waals surface area contributed by atoms with E-state index in [0.29, 0.717) is 5.75 Å². The molecule has 0 bridgehead atoms. The summed E-state index contributed by atoms with van der Waals surface area (Å²) < 4.78 is 5.18. The van der Waals surface area contributed by atoms with E-state index in [0.717, 1.165) is 5.56 Å². The van der Waals surface area contributed by atoms with Crippen molar-refractivity contribution in [3.63, 3.8) is 0 Å². The Labute approximate surface area is 121 Å². The van der Waals surface area contributed by atoms with Gasteiger partial charge in [-0.15, -0.1) is 11.8 Å². The topological polar surface area (TPSA) is 95.5 Å². The van der Waals surface area contributed by atoms with Crippen molar-refractivity contribution in [2.75, 3.05) is 11.5 Å². The summed E-state index contributed by atoms with van der Waals surface area (Å²) in [5, 5.41) is 10.6. The predicted molar refractivity (Wildman–Crippen MR) is 79.5 cm³/mol. The summed E-state index contributed by atoms with van der Waals surface area (Å²) in [6, 6.07) is 4.56. The van der Waals surface area contributed by atoms with Gasteiger partial charge in [-0.1, -0.05) is 6.07 Å². The van der Waals surface area contributed by atoms with Crippen LogP contribution in [-0.4, -0.2) is 22.2 Å². The van der Waals surface area contributed by atoms with Crippen molar-refractivity contribution in [3.8, 4) is 0 Å². The van der Waals surface area contributed by atoms with Crippen molar-refractivity contribution in [2.45, 2.75) is 32.1 Å². The first-order valence-electron chi connectivity index (χ1n) is 6.01. The number of esters is 1. The van der Waals surface area contributed by atoms with Crippen LogP contribution in [0.1, 0.15) is 26.3 Å². The quantitative estimate of drug-likeness (QED) is 0.388. The molecular formula is C13H18N2O4S. The number of carbonyl (C=O) groups excluding carboxylic acids is 1. The van der Waals surface area contributed by atoms with Crippen molar-refractivity contribution < 1.29 is 14.5 Å². The van der Waals surface area contributed by atoms with Gasteiger partial charge in [0.1, 0.15) is 11.3 Å². The Balaban J connectivity index is 2.49. The van der Waals surface area contributed by atoms with Crippen molar-refractivity contribution >= 4 is 29.1 Å². The Bertz CT molecular complexity index is 512. The van der Waals surface area contributed by atoms with Crippen molar-refractivity contribution in [3.05, 3.63) is 33.9 Å². The van der Waals surface area contributed by atoms with E-state index in [2.05, 4.69) is 0 Å². The van der Waals surface area contributed by atoms with Crippen LogP contribution in [0.2, 0.25) is 0 Å². The van der Waals surface area contributed by atoms with Gasteiger partial charge < -0.3 is 10.5 Å². The fraction of sp³-hybridized carbons (Fsp3) is 0.462. The highest BCUT2D eigenvalue weighted by Crippen LogP contribution is 2.24. The van der Waals surface area contributed by atoms with Crippen LogP contribution >= 0.6 is 11.8 Å². The molecule has 1 aromatic carbocycles. The van der Waals surface area contributed by atoms with Gasteiger partial charge in [0.15, 0.2) is 0 Å². The lowest BCUT2D eigenvalue weighted by molar-refractivity contribution is -0.383. The number of carbonyl (C=O) groups is 1. The lowest BCUT2D eigenvalue weighted by Gasteiger charge is -2.19. The standard InChI is InChI=1S/C13H18N2O4S/c1-13(2,3)19-12(16)8-20-7-9-4-5-11(15(17)18)10(14)6-9/h4-6H,7-8,14H2,1-3H3. The number of anilines is 1. The van der Waals surface area contributed by atoms with Crippen LogP contribution in [0, 0.1) is 10.1 Å². The lowest BCUT2D eigenvalue weighted by Crippen LogP contribution is -2.24. The molecule has 0 unspecified atom stereocenters. The van der Waals surface area contributed by atoms with E-state index < -0.39 is 10.5 Å². The Hall–Kier alpha value is -1.76. The predicted octanol–water partition coefficient (Wildman–Crippen LogP) is 2.75. The minimum absolute atomic E-state index is 0.106. The van der Waals surface area contributed by atoms with Crippen LogP contribution in [0.5, 0.6) is 0 Å². The van der Waals surface area contributed by atoms with Gasteiger partial charge >= 0.3 is 5.97 Å². The third-order valence-electron chi connectivity index (χ3n) is 2.20. The maximum atomic E-state index is 11.5. The fourth-order valence-electron chi connectivity index (χ4n) is 1.48. The summed E-state index contributed by atoms with van der Waals surface area (Å²) in [6.07, 6.45) is 0. The lowest BCUT2D eigenvalue weighted by atomic mass is 10.2. The third-order valence-corrected chi connectivity index (χ3v) is 3.17. The van der Waals surface area contributed by atoms with Crippen LogP contribution in [0.4, 0.5) is 11.4 Å². The summed E-state index contributed by atoms with van der Waals surface area (Å²) in [5.74, 6) is 0.493. The van der Waals surface area contributed by atoms with Crippen molar-refractivity contribution in [1.29, 1.82) is 0 Å². The average molecular weight is 298 g/mol. The van der Waals surface area contributed by atoms with Gasteiger partial charge in [0, 0.05) is 11.8 Å². The van der Waals surface area contributed by atoms with Gasteiger partial charge in [-0.05, 0) is 32.4 Å². The number of nitro groups is 1. The van der Waals surface area contributed by atoms with E-state index >= 15 is 0 Å². The average Bonchev–Trinajstić information content (AvgIpc) is 2.25. The summed E-state index contributed by atoms with van der Waals surface area (Å²) in [4.78, 5) is 21.6. The molecule has 1 rings (SSSR count). The largest absolute Gasteiger partial charge is 0.459 e. The van der Waals surface area contributed by atoms with Crippen LogP contribution in [0.3, 0.4) is 0 Å². The molecule has 0 spiro atoms. The molecule has 0 fully saturated rings. The van der Waals surface area contributed by atoms with Crippen LogP contribution in [0.25, 0.3) is 0 Å². The molecule has 6 nitrogen and oxygen atoms in total. The van der Waals surface area contributed by atoms with Crippen LogP contribution in [0.15, 0.2) is 18.2 Å². The zero-order valence-electron chi connectivity index (χ0n) is 11.7. The number of rotatable bonds is 5. The van der Waals surface area contributed by atoms with E-state index in [4.69, 9.17) is 10.5 Å². The monoisotopic (exact) mass is 298 g/mol. The van der Waals surface area contributed by atoms with E-state index in [9.17, 15) is 14.9 Å². The molecular weight excluding hydrogens is 280 g/mol. The van der Waals surface area contributed by atoms with Gasteiger partial charge in [-0.25, -0.2) is 0 Å². The third kappa shape index (κ3) is 5.48. The molecule has 110 valence electrons. The number of benzene rings is 1. The molecule has 0 aliphatic rings. The summed E-state index contributed by atoms with van der Waals surface area (Å²) in [5.41, 5.74) is 5.96. The second-order valence-corrected chi connectivity index (χ2v) is 6.22. The first kappa shape index (κ1) is 16.3. The van der Waals surface area contributed by atoms with E-state index in [1.54, 1.807) is 12.1 Å². The molecule has 0 saturated heterocycles. The zero-order chi connectivity index (χ0) is 15.3. The van der Waals surface area contributed by atoms with E-state index in [-0.39, 0.29) is 23.1 Å². The number of ether oxygens (including phenoxy) is 1. The van der Waals surface area contributed by atoms with Crippen molar-refractivity contribution in [1.82, 2.24) is 0 Å². The van der Waals surface area contributed by atoms with Gasteiger partial charge in [0.05, 0.1) is 10.7 Å². The molecule has 1 aromatic rings. The van der Waals surface area contributed by atoms with Crippen molar-refractivity contribution in [2.24, 2.45) is 0 Å². The highest BCUT2D eigenvalue weighted by atomic mass is 32.2. The number of nitrogens with two attached hydrogens (primary N) is 1. The number of hydrogen-bond acceptors (Lipinski definition) is 6. The van der Waals surface area contributed by atoms with E-state index in [1.807, 2.05) is 20.8 Å². The minimum Gasteiger partial charge on any atom is -0.459 e. The number of hydrogen-bond donors (Lipinski definition) is 1. The first-order valence-corrected chi connectivity index (χ1v) is 7.17. The minimum atomic E-state index is -0.521. The molecule has 0 aliphatic heterocycles. The highest BCUT2D eigenvalue weighted by molar-refractivity contribution is 7.99. The van der Waals surface area contributed by atoms with E-state index in [1.165, 1.54) is 17.8 Å². The summed E-state index contributed by atoms with van der Waals surface area (Å²) in [7, 11) is 0. The van der Waals surface area contributed by atoms with Crippen LogP contribution < -0.4 is 5.73 Å². The molecule has 20 heavy (non-hydrogen) atoms. The first-order chi connectivity index (χ1) is 9.19. The Morgan fingerprint density at radius 1 is 1.45 bits per heavy atom. The highest BCUT2D eigenvalue weighted by Gasteiger charge is 2.16. The Morgan fingerprint density at radius 3 is 2.60 bits per heavy atom. The van der Waals surface area contributed by atoms with Gasteiger partial charge in [-0.2, -0.15) is 0 Å². The molecule has 7 heteroatoms. The molecule has 0 atom stereocenters. The normalized spacial score (nSPS) is 11.2. The molecule has 0 amide bonds. The SMILES string of the molecule is CC(C)(C)OC(=O)CSCc1ccc([N+](=O)[O-])c(N)c1. The van der Waals surface area contributed by atoms with Gasteiger partial charge in [-0.3, -0.25) is 14.9 Å². The second-order valence-electron chi connectivity index (χ2n) is 5.23. The molecule has 0 aromatic heterocycles. The molecule has 0 saturated carbocycles. The molecule has 0 aliphatic carbocycles. The summed E-state index contributed by atoms with van der Waals surface area (Å²) >= 11 is 1.38. The fourth-order valence-corrected chi connectivity index (χ4v) is 2.23. The van der Waals surface area contributed by atoms with Gasteiger partial charge in [0.2, 0.25) is 0 Å². The van der Waals surface area contributed by atoms with Gasteiger partial charge in [0.25, 0.3) is 5.69 Å². The Kier molecular flexibility index (Phi) is 5.38. The smallest absolute Gasteiger partial charge is 0.316 e. The number of thioether (sulfide) groups is 1. The number of nitrogens with zero attached hydrogens (tertiary/aromatic N) is 1. The number of nitro benzene ring substituents is 1. The second kappa shape index (κ2) is 6.60. The molecule has 2 N–H and O–H groups in total. The molecule has 0 heterocycles. The molecule has 0 radical (unpaired) electrons. The maximum Gasteiger partial charge on any atom is 0.316 e. The van der Waals surface area contributed by atoms with Crippen LogP contribution in [-0.2, 0) is 15.3 Å². The number of nitrogen functional groups attached to an aromatic ring is 1.